The molecule has 126 valence electrons. The quantitative estimate of drug-likeness (QED) is 0.557. The number of hydrogen-bond acceptors (Lipinski definition) is 6. The molecular formula is C15H12Cl2N8. The Morgan fingerprint density at radius 1 is 1.08 bits per heavy atom. The Hall–Kier alpha value is -2.71. The molecule has 3 aromatic heterocycles. The summed E-state index contributed by atoms with van der Waals surface area (Å²) >= 11 is 12.2. The predicted molar refractivity (Wildman–Crippen MR) is 94.8 cm³/mol. The van der Waals surface area contributed by atoms with Gasteiger partial charge in [-0.25, -0.2) is 4.98 Å². The molecule has 0 atom stereocenters. The van der Waals surface area contributed by atoms with Crippen LogP contribution >= 0.6 is 23.2 Å². The van der Waals surface area contributed by atoms with E-state index in [-0.39, 0.29) is 0 Å². The van der Waals surface area contributed by atoms with Gasteiger partial charge in [-0.3, -0.25) is 5.10 Å². The molecule has 0 saturated carbocycles. The van der Waals surface area contributed by atoms with Gasteiger partial charge in [0.1, 0.15) is 18.0 Å². The van der Waals surface area contributed by atoms with Crippen molar-refractivity contribution >= 4 is 34.7 Å². The average Bonchev–Trinajstić information content (AvgIpc) is 3.23. The number of nitrogens with one attached hydrogen (secondary N) is 2. The van der Waals surface area contributed by atoms with E-state index >= 15 is 0 Å². The number of H-pyrrole nitrogens is 1. The van der Waals surface area contributed by atoms with Crippen molar-refractivity contribution in [3.8, 4) is 11.4 Å². The van der Waals surface area contributed by atoms with Gasteiger partial charge in [0, 0.05) is 28.6 Å². The monoisotopic (exact) mass is 374 g/mol. The van der Waals surface area contributed by atoms with Crippen LogP contribution in [0.15, 0.2) is 36.7 Å². The minimum atomic E-state index is 0.528. The topological polar surface area (TPSA) is 96.7 Å². The summed E-state index contributed by atoms with van der Waals surface area (Å²) in [4.78, 5) is 4.08. The van der Waals surface area contributed by atoms with E-state index in [0.29, 0.717) is 40.3 Å². The molecule has 0 aliphatic carbocycles. The Bertz CT molecular complexity index is 991. The molecule has 10 heteroatoms. The zero-order valence-electron chi connectivity index (χ0n) is 12.8. The summed E-state index contributed by atoms with van der Waals surface area (Å²) in [6.07, 6.45) is 2.19. The minimum absolute atomic E-state index is 0.528. The van der Waals surface area contributed by atoms with Crippen molar-refractivity contribution in [2.45, 2.75) is 6.42 Å². The standard InChI is InChI=1S/C15H12Cl2N8/c16-10-5-9(6-11(17)7-10)15-23-22-14-2-1-13(24-25(14)15)18-4-3-12-19-8-20-21-12/h1-2,5-8H,3-4H2,(H,18,24)(H,19,20,21). The molecule has 0 fully saturated rings. The SMILES string of the molecule is Clc1cc(Cl)cc(-c2nnc3ccc(NCCc4ncn[nH]4)nn23)c1. The molecule has 4 rings (SSSR count). The molecule has 0 unspecified atom stereocenters. The molecule has 0 bridgehead atoms. The van der Waals surface area contributed by atoms with Crippen LogP contribution in [0.4, 0.5) is 5.82 Å². The molecule has 0 amide bonds. The second-order valence-corrected chi connectivity index (χ2v) is 6.15. The first-order valence-electron chi connectivity index (χ1n) is 7.46. The molecule has 0 spiro atoms. The molecule has 8 nitrogen and oxygen atoms in total. The Morgan fingerprint density at radius 3 is 2.68 bits per heavy atom. The number of rotatable bonds is 5. The van der Waals surface area contributed by atoms with E-state index in [1.165, 1.54) is 6.33 Å². The van der Waals surface area contributed by atoms with E-state index < -0.39 is 0 Å². The maximum absolute atomic E-state index is 6.08. The summed E-state index contributed by atoms with van der Waals surface area (Å²) in [7, 11) is 0. The van der Waals surface area contributed by atoms with Gasteiger partial charge in [-0.05, 0) is 30.3 Å². The van der Waals surface area contributed by atoms with Gasteiger partial charge >= 0.3 is 0 Å². The van der Waals surface area contributed by atoms with Crippen LogP contribution in [0, 0.1) is 0 Å². The molecule has 4 aromatic rings. The number of benzene rings is 1. The number of aromatic amines is 1. The normalized spacial score (nSPS) is 11.1. The van der Waals surface area contributed by atoms with Crippen molar-refractivity contribution in [2.75, 3.05) is 11.9 Å². The summed E-state index contributed by atoms with van der Waals surface area (Å²) < 4.78 is 1.65. The van der Waals surface area contributed by atoms with Crippen molar-refractivity contribution in [3.05, 3.63) is 52.5 Å². The first-order valence-corrected chi connectivity index (χ1v) is 8.22. The average molecular weight is 375 g/mol. The van der Waals surface area contributed by atoms with E-state index in [1.54, 1.807) is 22.7 Å². The van der Waals surface area contributed by atoms with Crippen LogP contribution in [0.1, 0.15) is 5.82 Å². The molecule has 25 heavy (non-hydrogen) atoms. The van der Waals surface area contributed by atoms with Crippen LogP contribution in [0.2, 0.25) is 10.0 Å². The number of aromatic nitrogens is 7. The predicted octanol–water partition coefficient (Wildman–Crippen LogP) is 2.87. The highest BCUT2D eigenvalue weighted by atomic mass is 35.5. The van der Waals surface area contributed by atoms with Gasteiger partial charge < -0.3 is 5.32 Å². The molecular weight excluding hydrogens is 363 g/mol. The van der Waals surface area contributed by atoms with Gasteiger partial charge in [-0.1, -0.05) is 23.2 Å². The second-order valence-electron chi connectivity index (χ2n) is 5.28. The lowest BCUT2D eigenvalue weighted by Gasteiger charge is -2.06. The Morgan fingerprint density at radius 2 is 1.92 bits per heavy atom. The maximum atomic E-state index is 6.08. The molecule has 0 aliphatic heterocycles. The summed E-state index contributed by atoms with van der Waals surface area (Å²) in [6, 6.07) is 8.90. The van der Waals surface area contributed by atoms with E-state index in [0.717, 1.165) is 11.4 Å². The Balaban J connectivity index is 1.61. The van der Waals surface area contributed by atoms with Crippen molar-refractivity contribution in [1.29, 1.82) is 0 Å². The smallest absolute Gasteiger partial charge is 0.185 e. The van der Waals surface area contributed by atoms with E-state index in [9.17, 15) is 0 Å². The largest absolute Gasteiger partial charge is 0.368 e. The number of hydrogen-bond donors (Lipinski definition) is 2. The zero-order chi connectivity index (χ0) is 17.2. The lowest BCUT2D eigenvalue weighted by atomic mass is 10.2. The van der Waals surface area contributed by atoms with Crippen LogP contribution in [0.5, 0.6) is 0 Å². The highest BCUT2D eigenvalue weighted by molar-refractivity contribution is 6.35. The van der Waals surface area contributed by atoms with Crippen molar-refractivity contribution in [1.82, 2.24) is 35.0 Å². The van der Waals surface area contributed by atoms with E-state index in [4.69, 9.17) is 23.2 Å². The van der Waals surface area contributed by atoms with Gasteiger partial charge in [0.25, 0.3) is 0 Å². The number of anilines is 1. The van der Waals surface area contributed by atoms with Crippen LogP contribution in [0.25, 0.3) is 17.0 Å². The van der Waals surface area contributed by atoms with Gasteiger partial charge in [-0.2, -0.15) is 9.61 Å². The molecule has 3 heterocycles. The summed E-state index contributed by atoms with van der Waals surface area (Å²) in [5.74, 6) is 2.08. The first kappa shape index (κ1) is 15.8. The molecule has 1 aromatic carbocycles. The minimum Gasteiger partial charge on any atom is -0.368 e. The lowest BCUT2D eigenvalue weighted by Crippen LogP contribution is -2.09. The van der Waals surface area contributed by atoms with Crippen molar-refractivity contribution in [3.63, 3.8) is 0 Å². The fourth-order valence-corrected chi connectivity index (χ4v) is 2.93. The van der Waals surface area contributed by atoms with Gasteiger partial charge in [0.2, 0.25) is 0 Å². The number of halogens is 2. The zero-order valence-corrected chi connectivity index (χ0v) is 14.3. The third-order valence-corrected chi connectivity index (χ3v) is 3.95. The molecule has 0 aliphatic rings. The highest BCUT2D eigenvalue weighted by Crippen LogP contribution is 2.26. The van der Waals surface area contributed by atoms with E-state index in [2.05, 4.69) is 35.8 Å². The van der Waals surface area contributed by atoms with Crippen LogP contribution in [-0.4, -0.2) is 41.5 Å². The van der Waals surface area contributed by atoms with E-state index in [1.807, 2.05) is 12.1 Å². The third kappa shape index (κ3) is 3.40. The van der Waals surface area contributed by atoms with Crippen molar-refractivity contribution in [2.24, 2.45) is 0 Å². The van der Waals surface area contributed by atoms with Gasteiger partial charge in [-0.15, -0.1) is 15.3 Å². The van der Waals surface area contributed by atoms with Crippen LogP contribution in [-0.2, 0) is 6.42 Å². The fourth-order valence-electron chi connectivity index (χ4n) is 2.41. The molecule has 0 radical (unpaired) electrons. The van der Waals surface area contributed by atoms with Gasteiger partial charge in [0.15, 0.2) is 11.5 Å². The Labute approximate surface area is 152 Å². The Kier molecular flexibility index (Phi) is 4.21. The lowest BCUT2D eigenvalue weighted by molar-refractivity contribution is 0.878. The highest BCUT2D eigenvalue weighted by Gasteiger charge is 2.11. The van der Waals surface area contributed by atoms with Gasteiger partial charge in [0.05, 0.1) is 0 Å². The maximum Gasteiger partial charge on any atom is 0.185 e. The second kappa shape index (κ2) is 6.66. The number of nitrogens with zero attached hydrogens (tertiary/aromatic N) is 6. The van der Waals surface area contributed by atoms with Crippen molar-refractivity contribution < 1.29 is 0 Å². The summed E-state index contributed by atoms with van der Waals surface area (Å²) in [6.45, 7) is 0.661. The van der Waals surface area contributed by atoms with Crippen LogP contribution < -0.4 is 5.32 Å². The number of fused-ring (bicyclic) bond motifs is 1. The molecule has 2 N–H and O–H groups in total. The fraction of sp³-hybridized carbons (Fsp3) is 0.133. The third-order valence-electron chi connectivity index (χ3n) is 3.52. The molecule has 0 saturated heterocycles. The summed E-state index contributed by atoms with van der Waals surface area (Å²) in [5.41, 5.74) is 1.38. The first-order chi connectivity index (χ1) is 12.2. The summed E-state index contributed by atoms with van der Waals surface area (Å²) in [5, 5.41) is 23.8. The van der Waals surface area contributed by atoms with Crippen LogP contribution in [0.3, 0.4) is 0 Å².